The van der Waals surface area contributed by atoms with Gasteiger partial charge in [-0.25, -0.2) is 4.39 Å². The number of hydrogen-bond donors (Lipinski definition) is 2. The summed E-state index contributed by atoms with van der Waals surface area (Å²) in [7, 11) is 0. The Labute approximate surface area is 143 Å². The number of benzene rings is 2. The van der Waals surface area contributed by atoms with Gasteiger partial charge in [0, 0.05) is 15.6 Å². The molecule has 1 amide bonds. The molecule has 108 valence electrons. The van der Waals surface area contributed by atoms with E-state index in [1.165, 1.54) is 18.2 Å². The van der Waals surface area contributed by atoms with Crippen molar-refractivity contribution < 1.29 is 9.18 Å². The Morgan fingerprint density at radius 2 is 1.71 bits per heavy atom. The molecule has 0 heterocycles. The van der Waals surface area contributed by atoms with Crippen molar-refractivity contribution in [1.29, 1.82) is 0 Å². The molecule has 0 aliphatic carbocycles. The van der Waals surface area contributed by atoms with Gasteiger partial charge >= 0.3 is 0 Å². The lowest BCUT2D eigenvalue weighted by Gasteiger charge is -2.09. The summed E-state index contributed by atoms with van der Waals surface area (Å²) in [6.45, 7) is 0. The smallest absolute Gasteiger partial charge is 0.255 e. The van der Waals surface area contributed by atoms with Crippen molar-refractivity contribution in [1.82, 2.24) is 0 Å². The van der Waals surface area contributed by atoms with E-state index in [9.17, 15) is 9.18 Å². The molecule has 21 heavy (non-hydrogen) atoms. The Bertz CT molecular complexity index is 737. The van der Waals surface area contributed by atoms with E-state index in [1.807, 2.05) is 0 Å². The Hall–Kier alpha value is -1.31. The standard InChI is InChI=1S/C14H9Br2FN2OS/c15-9-6-8(1-3-11(9)17)14(20)19-12-4-2-7(13(18)21)5-10(12)16/h1-6H,(H2,18,21)(H,19,20). The first-order valence-corrected chi connectivity index (χ1v) is 7.73. The predicted molar refractivity (Wildman–Crippen MR) is 92.1 cm³/mol. The van der Waals surface area contributed by atoms with Crippen LogP contribution < -0.4 is 11.1 Å². The van der Waals surface area contributed by atoms with E-state index < -0.39 is 5.82 Å². The van der Waals surface area contributed by atoms with Gasteiger partial charge in [-0.05, 0) is 68.3 Å². The maximum absolute atomic E-state index is 13.2. The number of thiocarbonyl (C=S) groups is 1. The van der Waals surface area contributed by atoms with Crippen LogP contribution in [-0.2, 0) is 0 Å². The van der Waals surface area contributed by atoms with E-state index in [0.29, 0.717) is 21.3 Å². The van der Waals surface area contributed by atoms with E-state index >= 15 is 0 Å². The first-order chi connectivity index (χ1) is 9.88. The number of carbonyl (C=O) groups is 1. The summed E-state index contributed by atoms with van der Waals surface area (Å²) in [5.41, 5.74) is 7.14. The van der Waals surface area contributed by atoms with E-state index in [4.69, 9.17) is 18.0 Å². The van der Waals surface area contributed by atoms with Crippen LogP contribution in [0, 0.1) is 5.82 Å². The number of nitrogens with one attached hydrogen (secondary N) is 1. The molecule has 2 aromatic rings. The number of nitrogens with two attached hydrogens (primary N) is 1. The van der Waals surface area contributed by atoms with Crippen LogP contribution in [0.3, 0.4) is 0 Å². The molecule has 2 rings (SSSR count). The lowest BCUT2D eigenvalue weighted by Crippen LogP contribution is -2.13. The van der Waals surface area contributed by atoms with Crippen LogP contribution in [0.2, 0.25) is 0 Å². The summed E-state index contributed by atoms with van der Waals surface area (Å²) in [6.07, 6.45) is 0. The minimum absolute atomic E-state index is 0.234. The van der Waals surface area contributed by atoms with E-state index in [-0.39, 0.29) is 15.4 Å². The van der Waals surface area contributed by atoms with Gasteiger partial charge < -0.3 is 11.1 Å². The SMILES string of the molecule is NC(=S)c1ccc(NC(=O)c2ccc(F)c(Br)c2)c(Br)c1. The largest absolute Gasteiger partial charge is 0.389 e. The number of halogens is 3. The third kappa shape index (κ3) is 3.87. The van der Waals surface area contributed by atoms with Crippen molar-refractivity contribution in [3.8, 4) is 0 Å². The van der Waals surface area contributed by atoms with Gasteiger partial charge in [0.15, 0.2) is 0 Å². The molecule has 0 saturated heterocycles. The highest BCUT2D eigenvalue weighted by atomic mass is 79.9. The fourth-order valence-corrected chi connectivity index (χ4v) is 2.59. The zero-order valence-corrected chi connectivity index (χ0v) is 14.5. The topological polar surface area (TPSA) is 55.1 Å². The molecule has 0 aliphatic rings. The van der Waals surface area contributed by atoms with Gasteiger partial charge in [-0.15, -0.1) is 0 Å². The van der Waals surface area contributed by atoms with E-state index in [2.05, 4.69) is 37.2 Å². The first-order valence-electron chi connectivity index (χ1n) is 5.74. The van der Waals surface area contributed by atoms with Gasteiger partial charge in [-0.2, -0.15) is 0 Å². The molecule has 0 spiro atoms. The maximum atomic E-state index is 13.2. The zero-order chi connectivity index (χ0) is 15.6. The summed E-state index contributed by atoms with van der Waals surface area (Å²) in [5, 5.41) is 2.73. The number of anilines is 1. The molecule has 0 aliphatic heterocycles. The highest BCUT2D eigenvalue weighted by molar-refractivity contribution is 9.10. The Morgan fingerprint density at radius 3 is 2.29 bits per heavy atom. The van der Waals surface area contributed by atoms with Crippen LogP contribution in [0.15, 0.2) is 45.3 Å². The normalized spacial score (nSPS) is 10.2. The van der Waals surface area contributed by atoms with Gasteiger partial charge in [-0.3, -0.25) is 4.79 Å². The van der Waals surface area contributed by atoms with E-state index in [1.54, 1.807) is 18.2 Å². The van der Waals surface area contributed by atoms with Gasteiger partial charge in [0.25, 0.3) is 5.91 Å². The highest BCUT2D eigenvalue weighted by Gasteiger charge is 2.11. The van der Waals surface area contributed by atoms with Crippen LogP contribution in [0.1, 0.15) is 15.9 Å². The van der Waals surface area contributed by atoms with Gasteiger partial charge in [-0.1, -0.05) is 12.2 Å². The number of hydrogen-bond acceptors (Lipinski definition) is 2. The molecule has 0 aromatic heterocycles. The summed E-state index contributed by atoms with van der Waals surface area (Å²) in [5.74, 6) is -0.770. The minimum Gasteiger partial charge on any atom is -0.389 e. The molecule has 0 fully saturated rings. The average Bonchev–Trinajstić information content (AvgIpc) is 2.43. The molecule has 0 atom stereocenters. The Kier molecular flexibility index (Phi) is 5.08. The number of carbonyl (C=O) groups excluding carboxylic acids is 1. The molecule has 3 N–H and O–H groups in total. The molecule has 7 heteroatoms. The highest BCUT2D eigenvalue weighted by Crippen LogP contribution is 2.25. The second-order valence-corrected chi connectivity index (χ2v) is 6.29. The number of amides is 1. The van der Waals surface area contributed by atoms with Crippen LogP contribution in [0.4, 0.5) is 10.1 Å². The monoisotopic (exact) mass is 430 g/mol. The van der Waals surface area contributed by atoms with Crippen molar-refractivity contribution in [2.75, 3.05) is 5.32 Å². The minimum atomic E-state index is -0.423. The molecule has 2 aromatic carbocycles. The molecule has 0 unspecified atom stereocenters. The lowest BCUT2D eigenvalue weighted by molar-refractivity contribution is 0.102. The van der Waals surface area contributed by atoms with Crippen molar-refractivity contribution in [3.05, 3.63) is 62.3 Å². The van der Waals surface area contributed by atoms with Crippen LogP contribution in [0.5, 0.6) is 0 Å². The third-order valence-corrected chi connectivity index (χ3v) is 4.18. The van der Waals surface area contributed by atoms with Crippen LogP contribution in [-0.4, -0.2) is 10.9 Å². The fourth-order valence-electron chi connectivity index (χ4n) is 1.60. The zero-order valence-electron chi connectivity index (χ0n) is 10.5. The molecule has 3 nitrogen and oxygen atoms in total. The van der Waals surface area contributed by atoms with Crippen LogP contribution in [0.25, 0.3) is 0 Å². The number of rotatable bonds is 3. The van der Waals surface area contributed by atoms with Gasteiger partial charge in [0.2, 0.25) is 0 Å². The predicted octanol–water partition coefficient (Wildman–Crippen LogP) is 4.24. The Balaban J connectivity index is 2.23. The second-order valence-electron chi connectivity index (χ2n) is 4.14. The second kappa shape index (κ2) is 6.64. The van der Waals surface area contributed by atoms with Crippen LogP contribution >= 0.6 is 44.1 Å². The molecular formula is C14H9Br2FN2OS. The summed E-state index contributed by atoms with van der Waals surface area (Å²) in [6, 6.07) is 9.18. The maximum Gasteiger partial charge on any atom is 0.255 e. The molecular weight excluding hydrogens is 423 g/mol. The summed E-state index contributed by atoms with van der Waals surface area (Å²) in [4.78, 5) is 12.4. The molecule has 0 saturated carbocycles. The summed E-state index contributed by atoms with van der Waals surface area (Å²) >= 11 is 11.3. The van der Waals surface area contributed by atoms with Crippen molar-refractivity contribution >= 4 is 60.7 Å². The van der Waals surface area contributed by atoms with Gasteiger partial charge in [0.05, 0.1) is 10.2 Å². The van der Waals surface area contributed by atoms with Crippen molar-refractivity contribution in [2.45, 2.75) is 0 Å². The van der Waals surface area contributed by atoms with Crippen molar-refractivity contribution in [2.24, 2.45) is 5.73 Å². The Morgan fingerprint density at radius 1 is 1.10 bits per heavy atom. The average molecular weight is 432 g/mol. The first kappa shape index (κ1) is 16.1. The summed E-state index contributed by atoms with van der Waals surface area (Å²) < 4.78 is 14.1. The lowest BCUT2D eigenvalue weighted by atomic mass is 10.2. The van der Waals surface area contributed by atoms with Gasteiger partial charge in [0.1, 0.15) is 10.8 Å². The van der Waals surface area contributed by atoms with E-state index in [0.717, 1.165) is 0 Å². The van der Waals surface area contributed by atoms with Crippen molar-refractivity contribution in [3.63, 3.8) is 0 Å². The quantitative estimate of drug-likeness (QED) is 0.714. The molecule has 0 radical (unpaired) electrons. The third-order valence-electron chi connectivity index (χ3n) is 2.68. The molecule has 0 bridgehead atoms. The fraction of sp³-hybridized carbons (Fsp3) is 0.